The standard InChI is InChI=1S/C29H37ClN6.CH4S/c1-4-15-31-24-11-16-35(17-12-24)27-8-6-5-7-26(27)34-21(2)22-18-32-28-25(19-33-36(28)20-22)29(3)13-9-23(30)10-14-29;1-2/h5-10,13,18-19,24,31-32,34H,2,4,11-12,14-17,20H2,1,3H3;2H,1H3. The van der Waals surface area contributed by atoms with Gasteiger partial charge in [0.15, 0.2) is 0 Å². The van der Waals surface area contributed by atoms with Crippen LogP contribution < -0.4 is 20.9 Å². The first kappa shape index (κ1) is 28.4. The van der Waals surface area contributed by atoms with Crippen molar-refractivity contribution in [2.75, 3.05) is 41.4 Å². The summed E-state index contributed by atoms with van der Waals surface area (Å²) in [6.07, 6.45) is 16.3. The SMILES string of the molecule is C=C(Nc1ccccc1N1CCC(NCCC)CC1)C1=CNc2c(C3(C)C=CC(Cl)=CC3)cnn2C1.CS. The number of rotatable bonds is 8. The van der Waals surface area contributed by atoms with E-state index in [0.717, 1.165) is 53.9 Å². The van der Waals surface area contributed by atoms with Gasteiger partial charge in [-0.2, -0.15) is 17.7 Å². The molecule has 8 heteroatoms. The Morgan fingerprint density at radius 1 is 1.26 bits per heavy atom. The lowest BCUT2D eigenvalue weighted by Crippen LogP contribution is -2.43. The number of allylic oxidation sites excluding steroid dienone is 5. The van der Waals surface area contributed by atoms with Crippen molar-refractivity contribution in [1.29, 1.82) is 0 Å². The van der Waals surface area contributed by atoms with Gasteiger partial charge < -0.3 is 20.9 Å². The predicted octanol–water partition coefficient (Wildman–Crippen LogP) is 6.67. The van der Waals surface area contributed by atoms with Crippen LogP contribution in [-0.4, -0.2) is 41.7 Å². The number of hydrogen-bond acceptors (Lipinski definition) is 6. The molecular weight excluding hydrogens is 512 g/mol. The van der Waals surface area contributed by atoms with Crippen LogP contribution >= 0.6 is 24.2 Å². The molecule has 0 bridgehead atoms. The highest BCUT2D eigenvalue weighted by atomic mass is 35.5. The van der Waals surface area contributed by atoms with Gasteiger partial charge in [0.1, 0.15) is 5.82 Å². The molecule has 0 spiro atoms. The molecule has 1 aliphatic carbocycles. The molecule has 3 heterocycles. The molecule has 2 aromatic rings. The van der Waals surface area contributed by atoms with Gasteiger partial charge in [-0.05, 0) is 56.7 Å². The molecule has 0 amide bonds. The maximum Gasteiger partial charge on any atom is 0.132 e. The third kappa shape index (κ3) is 6.33. The molecule has 1 aromatic carbocycles. The van der Waals surface area contributed by atoms with Crippen molar-refractivity contribution in [3.8, 4) is 0 Å². The van der Waals surface area contributed by atoms with Gasteiger partial charge in [0.2, 0.25) is 0 Å². The first-order valence-electron chi connectivity index (χ1n) is 13.5. The average Bonchev–Trinajstić information content (AvgIpc) is 3.40. The first-order valence-corrected chi connectivity index (χ1v) is 14.8. The van der Waals surface area contributed by atoms with Crippen molar-refractivity contribution in [2.24, 2.45) is 0 Å². The van der Waals surface area contributed by atoms with E-state index in [4.69, 9.17) is 16.7 Å². The minimum absolute atomic E-state index is 0.127. The minimum atomic E-state index is -0.127. The Bertz CT molecular complexity index is 1210. The Balaban J connectivity index is 0.00000164. The smallest absolute Gasteiger partial charge is 0.132 e. The molecule has 6 nitrogen and oxygen atoms in total. The van der Waals surface area contributed by atoms with Gasteiger partial charge in [0.25, 0.3) is 0 Å². The van der Waals surface area contributed by atoms with Gasteiger partial charge >= 0.3 is 0 Å². The highest BCUT2D eigenvalue weighted by Crippen LogP contribution is 2.40. The van der Waals surface area contributed by atoms with Crippen molar-refractivity contribution in [2.45, 2.75) is 57.5 Å². The number of para-hydroxylation sites is 2. The van der Waals surface area contributed by atoms with Crippen LogP contribution in [-0.2, 0) is 12.0 Å². The molecule has 1 aromatic heterocycles. The minimum Gasteiger partial charge on any atom is -0.370 e. The molecule has 1 atom stereocenters. The summed E-state index contributed by atoms with van der Waals surface area (Å²) in [5.74, 6) is 1.03. The molecule has 2 aliphatic heterocycles. The molecule has 3 aliphatic rings. The van der Waals surface area contributed by atoms with Gasteiger partial charge in [0.05, 0.1) is 24.1 Å². The number of fused-ring (bicyclic) bond motifs is 1. The Hall–Kier alpha value is -2.61. The lowest BCUT2D eigenvalue weighted by Gasteiger charge is -2.35. The highest BCUT2D eigenvalue weighted by Gasteiger charge is 2.31. The third-order valence-corrected chi connectivity index (χ3v) is 7.87. The van der Waals surface area contributed by atoms with Crippen LogP contribution in [0.15, 0.2) is 77.8 Å². The van der Waals surface area contributed by atoms with E-state index >= 15 is 0 Å². The number of piperidine rings is 1. The lowest BCUT2D eigenvalue weighted by molar-refractivity contribution is 0.416. The normalized spacial score (nSPS) is 20.9. The van der Waals surface area contributed by atoms with Gasteiger partial charge in [-0.3, -0.25) is 0 Å². The molecule has 1 unspecified atom stereocenters. The fourth-order valence-electron chi connectivity index (χ4n) is 5.30. The third-order valence-electron chi connectivity index (χ3n) is 7.59. The van der Waals surface area contributed by atoms with Crippen LogP contribution in [0.25, 0.3) is 0 Å². The molecule has 3 N–H and O–H groups in total. The van der Waals surface area contributed by atoms with Crippen LogP contribution in [0, 0.1) is 0 Å². The van der Waals surface area contributed by atoms with Crippen LogP contribution in [0.4, 0.5) is 17.2 Å². The summed E-state index contributed by atoms with van der Waals surface area (Å²) in [5, 5.41) is 16.3. The number of nitrogens with zero attached hydrogens (tertiary/aromatic N) is 3. The summed E-state index contributed by atoms with van der Waals surface area (Å²) in [6.45, 7) is 12.7. The summed E-state index contributed by atoms with van der Waals surface area (Å²) < 4.78 is 2.02. The number of halogens is 1. The second-order valence-electron chi connectivity index (χ2n) is 10.3. The van der Waals surface area contributed by atoms with E-state index in [9.17, 15) is 0 Å². The zero-order valence-corrected chi connectivity index (χ0v) is 24.5. The van der Waals surface area contributed by atoms with Crippen molar-refractivity contribution < 1.29 is 0 Å². The largest absolute Gasteiger partial charge is 0.370 e. The monoisotopic (exact) mass is 552 g/mol. The van der Waals surface area contributed by atoms with Crippen LogP contribution in [0.5, 0.6) is 0 Å². The van der Waals surface area contributed by atoms with E-state index in [0.29, 0.717) is 12.6 Å². The number of benzene rings is 1. The van der Waals surface area contributed by atoms with Gasteiger partial charge in [-0.25, -0.2) is 4.68 Å². The Kier molecular flexibility index (Phi) is 9.69. The fourth-order valence-corrected chi connectivity index (χ4v) is 5.44. The summed E-state index contributed by atoms with van der Waals surface area (Å²) in [6, 6.07) is 9.18. The summed E-state index contributed by atoms with van der Waals surface area (Å²) >= 11 is 9.69. The van der Waals surface area contributed by atoms with E-state index in [1.807, 2.05) is 17.0 Å². The fraction of sp³-hybridized carbons (Fsp3) is 0.433. The number of aromatic nitrogens is 2. The van der Waals surface area contributed by atoms with E-state index in [2.05, 4.69) is 96.5 Å². The Morgan fingerprint density at radius 2 is 2.03 bits per heavy atom. The lowest BCUT2D eigenvalue weighted by atomic mass is 9.78. The van der Waals surface area contributed by atoms with E-state index in [1.165, 1.54) is 30.5 Å². The van der Waals surface area contributed by atoms with Gasteiger partial charge in [-0.15, -0.1) is 0 Å². The second kappa shape index (κ2) is 13.0. The van der Waals surface area contributed by atoms with Crippen LogP contribution in [0.2, 0.25) is 0 Å². The number of thiol groups is 1. The molecular formula is C30H41ClN6S. The molecule has 1 saturated heterocycles. The first-order chi connectivity index (χ1) is 18.5. The van der Waals surface area contributed by atoms with Crippen molar-refractivity contribution in [1.82, 2.24) is 15.1 Å². The van der Waals surface area contributed by atoms with Crippen molar-refractivity contribution in [3.63, 3.8) is 0 Å². The maximum absolute atomic E-state index is 6.16. The summed E-state index contributed by atoms with van der Waals surface area (Å²) in [7, 11) is 0. The molecule has 0 saturated carbocycles. The Morgan fingerprint density at radius 3 is 2.74 bits per heavy atom. The molecule has 0 radical (unpaired) electrons. The van der Waals surface area contributed by atoms with E-state index in [1.54, 1.807) is 6.26 Å². The average molecular weight is 553 g/mol. The maximum atomic E-state index is 6.16. The summed E-state index contributed by atoms with van der Waals surface area (Å²) in [4.78, 5) is 2.49. The topological polar surface area (TPSA) is 57.1 Å². The zero-order valence-electron chi connectivity index (χ0n) is 22.8. The zero-order chi connectivity index (χ0) is 27.1. The number of anilines is 3. The van der Waals surface area contributed by atoms with Crippen molar-refractivity contribution >= 4 is 41.4 Å². The van der Waals surface area contributed by atoms with Gasteiger partial charge in [0, 0.05) is 52.6 Å². The van der Waals surface area contributed by atoms with Crippen LogP contribution in [0.3, 0.4) is 0 Å². The number of hydrogen-bond donors (Lipinski definition) is 4. The van der Waals surface area contributed by atoms with E-state index in [-0.39, 0.29) is 5.41 Å². The molecule has 38 heavy (non-hydrogen) atoms. The number of nitrogens with one attached hydrogen (secondary N) is 3. The predicted molar refractivity (Wildman–Crippen MR) is 167 cm³/mol. The Labute approximate surface area is 238 Å². The quantitative estimate of drug-likeness (QED) is 0.275. The molecule has 1 fully saturated rings. The van der Waals surface area contributed by atoms with E-state index < -0.39 is 0 Å². The molecule has 5 rings (SSSR count). The van der Waals surface area contributed by atoms with Gasteiger partial charge in [-0.1, -0.05) is 56.3 Å². The second-order valence-corrected chi connectivity index (χ2v) is 10.7. The molecule has 204 valence electrons. The van der Waals surface area contributed by atoms with Crippen molar-refractivity contribution in [3.05, 3.63) is 83.3 Å². The van der Waals surface area contributed by atoms with Crippen LogP contribution in [0.1, 0.15) is 45.1 Å². The highest BCUT2D eigenvalue weighted by molar-refractivity contribution is 7.79. The summed E-state index contributed by atoms with van der Waals surface area (Å²) in [5.41, 5.74) is 5.35.